The molecule has 2 nitrogen and oxygen atoms in total. The van der Waals surface area contributed by atoms with E-state index in [0.717, 1.165) is 19.7 Å². The topological polar surface area (TPSA) is 21.3 Å². The molecular formula is C8H14BrNO. The van der Waals surface area contributed by atoms with Crippen molar-refractivity contribution in [2.24, 2.45) is 0 Å². The first-order valence-corrected chi connectivity index (χ1v) is 5.21. The Hall–Kier alpha value is 0.400. The third-order valence-electron chi connectivity index (χ3n) is 2.68. The van der Waals surface area contributed by atoms with Crippen molar-refractivity contribution in [1.29, 1.82) is 0 Å². The van der Waals surface area contributed by atoms with Crippen molar-refractivity contribution >= 4 is 15.9 Å². The molecule has 1 unspecified atom stereocenters. The van der Waals surface area contributed by atoms with E-state index in [1.165, 1.54) is 19.3 Å². The number of rotatable bonds is 0. The Labute approximate surface area is 75.8 Å². The van der Waals surface area contributed by atoms with Gasteiger partial charge in [-0.3, -0.25) is 0 Å². The molecular weight excluding hydrogens is 206 g/mol. The fourth-order valence-corrected chi connectivity index (χ4v) is 2.74. The SMILES string of the molecule is BrC1COC2(CCNCC2)C1. The molecule has 2 aliphatic rings. The van der Waals surface area contributed by atoms with Crippen LogP contribution in [0.4, 0.5) is 0 Å². The number of piperidine rings is 1. The fourth-order valence-electron chi connectivity index (χ4n) is 2.02. The molecule has 0 aromatic carbocycles. The molecule has 2 aliphatic heterocycles. The first-order valence-electron chi connectivity index (χ1n) is 4.30. The summed E-state index contributed by atoms with van der Waals surface area (Å²) in [5.74, 6) is 0. The van der Waals surface area contributed by atoms with Gasteiger partial charge in [0.1, 0.15) is 0 Å². The Bertz CT molecular complexity index is 140. The summed E-state index contributed by atoms with van der Waals surface area (Å²) in [7, 11) is 0. The zero-order chi connectivity index (χ0) is 7.73. The predicted molar refractivity (Wildman–Crippen MR) is 48.1 cm³/mol. The summed E-state index contributed by atoms with van der Waals surface area (Å²) >= 11 is 3.60. The molecule has 2 rings (SSSR count). The lowest BCUT2D eigenvalue weighted by Crippen LogP contribution is -2.41. The molecule has 0 amide bonds. The lowest BCUT2D eigenvalue weighted by atomic mass is 9.90. The molecule has 1 atom stereocenters. The van der Waals surface area contributed by atoms with Crippen LogP contribution < -0.4 is 5.32 Å². The van der Waals surface area contributed by atoms with Crippen molar-refractivity contribution in [1.82, 2.24) is 5.32 Å². The lowest BCUT2D eigenvalue weighted by Gasteiger charge is -2.32. The van der Waals surface area contributed by atoms with Crippen LogP contribution in [0.15, 0.2) is 0 Å². The second-order valence-electron chi connectivity index (χ2n) is 3.55. The van der Waals surface area contributed by atoms with Crippen LogP contribution in [-0.4, -0.2) is 30.1 Å². The highest BCUT2D eigenvalue weighted by molar-refractivity contribution is 9.09. The molecule has 0 radical (unpaired) electrons. The van der Waals surface area contributed by atoms with Gasteiger partial charge in [-0.05, 0) is 32.4 Å². The largest absolute Gasteiger partial charge is 0.374 e. The van der Waals surface area contributed by atoms with Crippen LogP contribution in [0, 0.1) is 0 Å². The van der Waals surface area contributed by atoms with Crippen molar-refractivity contribution in [2.75, 3.05) is 19.7 Å². The lowest BCUT2D eigenvalue weighted by molar-refractivity contribution is -0.0189. The highest BCUT2D eigenvalue weighted by Crippen LogP contribution is 2.36. The van der Waals surface area contributed by atoms with E-state index >= 15 is 0 Å². The maximum absolute atomic E-state index is 5.81. The Morgan fingerprint density at radius 3 is 2.64 bits per heavy atom. The number of hydrogen-bond donors (Lipinski definition) is 1. The van der Waals surface area contributed by atoms with E-state index in [2.05, 4.69) is 21.2 Å². The standard InChI is InChI=1S/C8H14BrNO/c9-7-5-8(11-6-7)1-3-10-4-2-8/h7,10H,1-6H2. The number of nitrogens with one attached hydrogen (secondary N) is 1. The Kier molecular flexibility index (Phi) is 2.21. The van der Waals surface area contributed by atoms with Crippen LogP contribution in [0.25, 0.3) is 0 Å². The van der Waals surface area contributed by atoms with E-state index < -0.39 is 0 Å². The minimum absolute atomic E-state index is 0.236. The van der Waals surface area contributed by atoms with Crippen molar-refractivity contribution in [3.05, 3.63) is 0 Å². The zero-order valence-electron chi connectivity index (χ0n) is 6.61. The quantitative estimate of drug-likeness (QED) is 0.621. The second-order valence-corrected chi connectivity index (χ2v) is 4.84. The fraction of sp³-hybridized carbons (Fsp3) is 1.00. The number of ether oxygens (including phenoxy) is 1. The second kappa shape index (κ2) is 3.04. The van der Waals surface area contributed by atoms with Gasteiger partial charge in [0.15, 0.2) is 0 Å². The first-order chi connectivity index (χ1) is 5.31. The summed E-state index contributed by atoms with van der Waals surface area (Å²) in [5, 5.41) is 3.36. The van der Waals surface area contributed by atoms with Gasteiger partial charge >= 0.3 is 0 Å². The van der Waals surface area contributed by atoms with Gasteiger partial charge in [0, 0.05) is 4.83 Å². The third-order valence-corrected chi connectivity index (χ3v) is 3.27. The van der Waals surface area contributed by atoms with Crippen LogP contribution >= 0.6 is 15.9 Å². The summed E-state index contributed by atoms with van der Waals surface area (Å²) in [4.78, 5) is 0.598. The summed E-state index contributed by atoms with van der Waals surface area (Å²) in [6, 6.07) is 0. The highest BCUT2D eigenvalue weighted by atomic mass is 79.9. The molecule has 11 heavy (non-hydrogen) atoms. The van der Waals surface area contributed by atoms with Gasteiger partial charge in [-0.2, -0.15) is 0 Å². The van der Waals surface area contributed by atoms with Gasteiger partial charge < -0.3 is 10.1 Å². The first kappa shape index (κ1) is 8.02. The molecule has 2 fully saturated rings. The molecule has 0 bridgehead atoms. The molecule has 2 heterocycles. The van der Waals surface area contributed by atoms with Crippen LogP contribution in [0.2, 0.25) is 0 Å². The van der Waals surface area contributed by atoms with E-state index in [4.69, 9.17) is 4.74 Å². The van der Waals surface area contributed by atoms with Gasteiger partial charge in [0.2, 0.25) is 0 Å². The number of hydrogen-bond acceptors (Lipinski definition) is 2. The normalized spacial score (nSPS) is 36.3. The van der Waals surface area contributed by atoms with Crippen molar-refractivity contribution in [2.45, 2.75) is 29.7 Å². The summed E-state index contributed by atoms with van der Waals surface area (Å²) in [6.07, 6.45) is 3.58. The van der Waals surface area contributed by atoms with E-state index in [0.29, 0.717) is 4.83 Å². The molecule has 0 aromatic rings. The smallest absolute Gasteiger partial charge is 0.0718 e. The van der Waals surface area contributed by atoms with Crippen LogP contribution in [0.1, 0.15) is 19.3 Å². The average Bonchev–Trinajstić information content (AvgIpc) is 2.34. The minimum atomic E-state index is 0.236. The van der Waals surface area contributed by atoms with Crippen molar-refractivity contribution < 1.29 is 4.74 Å². The van der Waals surface area contributed by atoms with Gasteiger partial charge in [-0.25, -0.2) is 0 Å². The molecule has 1 spiro atoms. The molecule has 3 heteroatoms. The Morgan fingerprint density at radius 2 is 2.09 bits per heavy atom. The predicted octanol–water partition coefficient (Wildman–Crippen LogP) is 1.29. The zero-order valence-corrected chi connectivity index (χ0v) is 8.19. The molecule has 2 saturated heterocycles. The van der Waals surface area contributed by atoms with E-state index in [-0.39, 0.29) is 5.60 Å². The number of halogens is 1. The van der Waals surface area contributed by atoms with Crippen LogP contribution in [0.3, 0.4) is 0 Å². The monoisotopic (exact) mass is 219 g/mol. The average molecular weight is 220 g/mol. The summed E-state index contributed by atoms with van der Waals surface area (Å²) in [6.45, 7) is 3.15. The van der Waals surface area contributed by atoms with Crippen molar-refractivity contribution in [3.63, 3.8) is 0 Å². The maximum Gasteiger partial charge on any atom is 0.0718 e. The van der Waals surface area contributed by atoms with Gasteiger partial charge in [-0.1, -0.05) is 15.9 Å². The van der Waals surface area contributed by atoms with Crippen molar-refractivity contribution in [3.8, 4) is 0 Å². The van der Waals surface area contributed by atoms with Crippen LogP contribution in [-0.2, 0) is 4.74 Å². The van der Waals surface area contributed by atoms with Crippen LogP contribution in [0.5, 0.6) is 0 Å². The Morgan fingerprint density at radius 1 is 1.36 bits per heavy atom. The highest BCUT2D eigenvalue weighted by Gasteiger charge is 2.39. The summed E-state index contributed by atoms with van der Waals surface area (Å²) < 4.78 is 5.81. The maximum atomic E-state index is 5.81. The Balaban J connectivity index is 1.98. The molecule has 64 valence electrons. The van der Waals surface area contributed by atoms with E-state index in [1.807, 2.05) is 0 Å². The minimum Gasteiger partial charge on any atom is -0.374 e. The van der Waals surface area contributed by atoms with Gasteiger partial charge in [0.25, 0.3) is 0 Å². The molecule has 0 aromatic heterocycles. The summed E-state index contributed by atoms with van der Waals surface area (Å²) in [5.41, 5.74) is 0.236. The van der Waals surface area contributed by atoms with Gasteiger partial charge in [0.05, 0.1) is 12.2 Å². The third kappa shape index (κ3) is 1.60. The van der Waals surface area contributed by atoms with Gasteiger partial charge in [-0.15, -0.1) is 0 Å². The van der Waals surface area contributed by atoms with E-state index in [1.54, 1.807) is 0 Å². The molecule has 0 saturated carbocycles. The van der Waals surface area contributed by atoms with E-state index in [9.17, 15) is 0 Å². The molecule has 0 aliphatic carbocycles. The molecule has 1 N–H and O–H groups in total. The number of alkyl halides is 1.